The van der Waals surface area contributed by atoms with Crippen LogP contribution in [-0.2, 0) is 20.4 Å². The number of carboxylic acid groups (broad SMARTS) is 3. The van der Waals surface area contributed by atoms with Crippen molar-refractivity contribution in [3.05, 3.63) is 29.8 Å². The van der Waals surface area contributed by atoms with Gasteiger partial charge in [0.1, 0.15) is 0 Å². The molecule has 0 saturated heterocycles. The minimum atomic E-state index is -2.43. The number of benzene rings is 1. The highest BCUT2D eigenvalue weighted by Gasteiger charge is 2.43. The second-order valence-electron chi connectivity index (χ2n) is 4.16. The fourth-order valence-electron chi connectivity index (χ4n) is 1.57. The summed E-state index contributed by atoms with van der Waals surface area (Å²) in [5.74, 6) is -4.35. The van der Waals surface area contributed by atoms with Crippen molar-refractivity contribution in [2.24, 2.45) is 5.73 Å². The minimum absolute atomic E-state index is 0.264. The van der Waals surface area contributed by atoms with Crippen LogP contribution >= 0.6 is 0 Å². The maximum atomic E-state index is 12.4. The first-order chi connectivity index (χ1) is 9.70. The Balaban J connectivity index is 3.27. The molecule has 0 radical (unpaired) electrons. The summed E-state index contributed by atoms with van der Waals surface area (Å²) in [4.78, 5) is 30.3. The lowest BCUT2D eigenvalue weighted by Crippen LogP contribution is -2.52. The highest BCUT2D eigenvalue weighted by molar-refractivity contribution is 7.87. The van der Waals surface area contributed by atoms with Crippen LogP contribution in [0.3, 0.4) is 0 Å². The first-order valence-electron chi connectivity index (χ1n) is 5.68. The molecule has 0 spiro atoms. The van der Waals surface area contributed by atoms with E-state index in [1.165, 1.54) is 18.2 Å². The third kappa shape index (κ3) is 3.64. The molecule has 9 heteroatoms. The monoisotopic (exact) mass is 315 g/mol. The second-order valence-corrected chi connectivity index (χ2v) is 5.86. The van der Waals surface area contributed by atoms with Crippen molar-refractivity contribution < 1.29 is 33.9 Å². The lowest BCUT2D eigenvalue weighted by molar-refractivity contribution is -0.141. The summed E-state index contributed by atoms with van der Waals surface area (Å²) in [5, 5.41) is 26.8. The molecule has 1 aromatic rings. The van der Waals surface area contributed by atoms with Crippen LogP contribution in [0.1, 0.15) is 23.2 Å². The SMILES string of the molecule is NC(CCC(=O)O)(C(=O)O)S(=O)c1ccccc1C(=O)O. The quantitative estimate of drug-likeness (QED) is 0.552. The Morgan fingerprint density at radius 2 is 1.71 bits per heavy atom. The van der Waals surface area contributed by atoms with E-state index in [-0.39, 0.29) is 10.5 Å². The highest BCUT2D eigenvalue weighted by Crippen LogP contribution is 2.25. The van der Waals surface area contributed by atoms with E-state index in [4.69, 9.17) is 21.1 Å². The lowest BCUT2D eigenvalue weighted by atomic mass is 10.1. The first-order valence-corrected chi connectivity index (χ1v) is 6.83. The molecule has 0 heterocycles. The van der Waals surface area contributed by atoms with E-state index in [0.717, 1.165) is 6.07 Å². The lowest BCUT2D eigenvalue weighted by Gasteiger charge is -2.23. The van der Waals surface area contributed by atoms with Crippen molar-refractivity contribution in [3.8, 4) is 0 Å². The van der Waals surface area contributed by atoms with Crippen LogP contribution in [0.25, 0.3) is 0 Å². The number of carboxylic acids is 3. The average Bonchev–Trinajstić information content (AvgIpc) is 2.43. The molecule has 0 fully saturated rings. The van der Waals surface area contributed by atoms with Crippen LogP contribution in [0.5, 0.6) is 0 Å². The predicted octanol–water partition coefficient (Wildman–Crippen LogP) is 0.0968. The van der Waals surface area contributed by atoms with Gasteiger partial charge in [0.2, 0.25) is 0 Å². The maximum absolute atomic E-state index is 12.4. The summed E-state index contributed by atoms with van der Waals surface area (Å²) >= 11 is 0. The molecule has 1 aromatic carbocycles. The van der Waals surface area contributed by atoms with Gasteiger partial charge in [-0.05, 0) is 18.6 Å². The zero-order valence-electron chi connectivity index (χ0n) is 10.7. The Bertz CT molecular complexity index is 615. The predicted molar refractivity (Wildman–Crippen MR) is 71.2 cm³/mol. The molecule has 0 saturated carbocycles. The van der Waals surface area contributed by atoms with E-state index >= 15 is 0 Å². The number of aromatic carboxylic acids is 1. The third-order valence-corrected chi connectivity index (χ3v) is 4.52. The molecule has 0 aliphatic carbocycles. The Kier molecular flexibility index (Phi) is 5.17. The van der Waals surface area contributed by atoms with Gasteiger partial charge in [-0.2, -0.15) is 0 Å². The fourth-order valence-corrected chi connectivity index (χ4v) is 2.97. The van der Waals surface area contributed by atoms with Crippen LogP contribution in [-0.4, -0.2) is 42.3 Å². The van der Waals surface area contributed by atoms with Crippen molar-refractivity contribution in [2.75, 3.05) is 0 Å². The van der Waals surface area contributed by atoms with Crippen molar-refractivity contribution in [1.82, 2.24) is 0 Å². The number of carbonyl (C=O) groups is 3. The van der Waals surface area contributed by atoms with Gasteiger partial charge in [0.15, 0.2) is 4.87 Å². The molecule has 0 aliphatic rings. The number of hydrogen-bond donors (Lipinski definition) is 4. The van der Waals surface area contributed by atoms with Crippen molar-refractivity contribution in [3.63, 3.8) is 0 Å². The van der Waals surface area contributed by atoms with Crippen molar-refractivity contribution in [2.45, 2.75) is 22.6 Å². The Labute approximate surface area is 121 Å². The fraction of sp³-hybridized carbons (Fsp3) is 0.250. The van der Waals surface area contributed by atoms with Crippen LogP contribution < -0.4 is 5.73 Å². The number of hydrogen-bond acceptors (Lipinski definition) is 5. The van der Waals surface area contributed by atoms with E-state index in [2.05, 4.69) is 0 Å². The van der Waals surface area contributed by atoms with Gasteiger partial charge >= 0.3 is 17.9 Å². The van der Waals surface area contributed by atoms with Crippen LogP contribution in [0, 0.1) is 0 Å². The van der Waals surface area contributed by atoms with E-state index in [1.807, 2.05) is 0 Å². The zero-order valence-corrected chi connectivity index (χ0v) is 11.5. The summed E-state index contributed by atoms with van der Waals surface area (Å²) in [7, 11) is -2.43. The summed E-state index contributed by atoms with van der Waals surface area (Å²) in [6.45, 7) is 0. The van der Waals surface area contributed by atoms with Gasteiger partial charge in [-0.25, -0.2) is 9.59 Å². The summed E-state index contributed by atoms with van der Waals surface area (Å²) in [5.41, 5.74) is 5.23. The summed E-state index contributed by atoms with van der Waals surface area (Å²) in [6.07, 6.45) is -1.21. The standard InChI is InChI=1S/C12H13NO7S/c13-12(11(18)19,6-5-9(14)15)21(20)8-4-2-1-3-7(8)10(16)17/h1-4H,5-6,13H2,(H,14,15)(H,16,17)(H,18,19). The molecule has 5 N–H and O–H groups in total. The molecule has 1 rings (SSSR count). The average molecular weight is 315 g/mol. The van der Waals surface area contributed by atoms with E-state index < -0.39 is 46.4 Å². The third-order valence-electron chi connectivity index (χ3n) is 2.72. The number of nitrogens with two attached hydrogens (primary N) is 1. The largest absolute Gasteiger partial charge is 0.481 e. The van der Waals surface area contributed by atoms with Gasteiger partial charge in [0.25, 0.3) is 0 Å². The van der Waals surface area contributed by atoms with Crippen LogP contribution in [0.4, 0.5) is 0 Å². The van der Waals surface area contributed by atoms with E-state index in [0.29, 0.717) is 0 Å². The summed E-state index contributed by atoms with van der Waals surface area (Å²) < 4.78 is 12.4. The Hall–Kier alpha value is -2.26. The van der Waals surface area contributed by atoms with Crippen molar-refractivity contribution in [1.29, 1.82) is 0 Å². The molecular weight excluding hydrogens is 302 g/mol. The van der Waals surface area contributed by atoms with E-state index in [9.17, 15) is 18.6 Å². The van der Waals surface area contributed by atoms with Gasteiger partial charge in [-0.3, -0.25) is 9.00 Å². The van der Waals surface area contributed by atoms with Crippen LogP contribution in [0.2, 0.25) is 0 Å². The minimum Gasteiger partial charge on any atom is -0.481 e. The summed E-state index contributed by atoms with van der Waals surface area (Å²) in [6, 6.07) is 5.12. The first kappa shape index (κ1) is 16.8. The smallest absolute Gasteiger partial charge is 0.337 e. The van der Waals surface area contributed by atoms with Gasteiger partial charge in [0, 0.05) is 6.42 Å². The maximum Gasteiger partial charge on any atom is 0.337 e. The zero-order chi connectivity index (χ0) is 16.2. The van der Waals surface area contributed by atoms with Crippen molar-refractivity contribution >= 4 is 28.7 Å². The Morgan fingerprint density at radius 3 is 2.19 bits per heavy atom. The molecule has 2 unspecified atom stereocenters. The molecule has 21 heavy (non-hydrogen) atoms. The van der Waals surface area contributed by atoms with Gasteiger partial charge < -0.3 is 21.1 Å². The molecule has 0 aliphatic heterocycles. The highest BCUT2D eigenvalue weighted by atomic mass is 32.2. The van der Waals surface area contributed by atoms with E-state index in [1.54, 1.807) is 0 Å². The molecule has 0 aromatic heterocycles. The van der Waals surface area contributed by atoms with Gasteiger partial charge in [-0.15, -0.1) is 0 Å². The molecular formula is C12H13NO7S. The molecule has 0 bridgehead atoms. The number of aliphatic carboxylic acids is 2. The second kappa shape index (κ2) is 6.46. The van der Waals surface area contributed by atoms with Gasteiger partial charge in [-0.1, -0.05) is 12.1 Å². The van der Waals surface area contributed by atoms with Gasteiger partial charge in [0.05, 0.1) is 21.3 Å². The normalized spacial score (nSPS) is 14.9. The molecule has 0 amide bonds. The topological polar surface area (TPSA) is 155 Å². The van der Waals surface area contributed by atoms with Crippen LogP contribution in [0.15, 0.2) is 29.2 Å². The Morgan fingerprint density at radius 1 is 1.14 bits per heavy atom. The number of rotatable bonds is 7. The molecule has 8 nitrogen and oxygen atoms in total. The molecule has 2 atom stereocenters. The molecule has 114 valence electrons.